The number of aryl methyl sites for hydroxylation is 1. The Balaban J connectivity index is 1.98. The van der Waals surface area contributed by atoms with Crippen LogP contribution in [0.5, 0.6) is 0 Å². The molecule has 0 radical (unpaired) electrons. The van der Waals surface area contributed by atoms with E-state index < -0.39 is 0 Å². The van der Waals surface area contributed by atoms with Gasteiger partial charge in [0.15, 0.2) is 17.0 Å². The molecule has 0 saturated carbocycles. The van der Waals surface area contributed by atoms with Gasteiger partial charge < -0.3 is 19.8 Å². The SMILES string of the molecule is CCn1c(C)ccc(CNc2nc(NC)nc3c2ncn3C(C)C)c1=O. The molecule has 0 spiro atoms. The molecule has 0 aliphatic rings. The number of nitrogens with one attached hydrogen (secondary N) is 2. The van der Waals surface area contributed by atoms with Crippen LogP contribution in [0.15, 0.2) is 23.3 Å². The Morgan fingerprint density at radius 3 is 2.65 bits per heavy atom. The Hall–Kier alpha value is -2.90. The average Bonchev–Trinajstić information content (AvgIpc) is 3.05. The second kappa shape index (κ2) is 7.15. The molecule has 0 aliphatic heterocycles. The first-order chi connectivity index (χ1) is 12.5. The van der Waals surface area contributed by atoms with Crippen LogP contribution in [-0.2, 0) is 13.1 Å². The van der Waals surface area contributed by atoms with Crippen LogP contribution >= 0.6 is 0 Å². The third-order valence-corrected chi connectivity index (χ3v) is 4.44. The van der Waals surface area contributed by atoms with Gasteiger partial charge >= 0.3 is 0 Å². The van der Waals surface area contributed by atoms with Gasteiger partial charge in [0.2, 0.25) is 5.95 Å². The molecule has 0 bridgehead atoms. The van der Waals surface area contributed by atoms with Crippen molar-refractivity contribution in [1.82, 2.24) is 24.1 Å². The Kier molecular flexibility index (Phi) is 4.92. The van der Waals surface area contributed by atoms with Gasteiger partial charge in [0.25, 0.3) is 5.56 Å². The summed E-state index contributed by atoms with van der Waals surface area (Å²) in [5.74, 6) is 1.12. The first-order valence-corrected chi connectivity index (χ1v) is 8.81. The minimum atomic E-state index is 0.0202. The highest BCUT2D eigenvalue weighted by Crippen LogP contribution is 2.23. The fraction of sp³-hybridized carbons (Fsp3) is 0.444. The summed E-state index contributed by atoms with van der Waals surface area (Å²) >= 11 is 0. The second-order valence-corrected chi connectivity index (χ2v) is 6.47. The van der Waals surface area contributed by atoms with E-state index in [1.807, 2.05) is 30.5 Å². The van der Waals surface area contributed by atoms with Crippen molar-refractivity contribution in [1.29, 1.82) is 0 Å². The molecule has 3 aromatic heterocycles. The smallest absolute Gasteiger partial charge is 0.255 e. The molecule has 138 valence electrons. The quantitative estimate of drug-likeness (QED) is 0.706. The van der Waals surface area contributed by atoms with E-state index in [1.54, 1.807) is 17.9 Å². The molecule has 26 heavy (non-hydrogen) atoms. The van der Waals surface area contributed by atoms with Crippen molar-refractivity contribution in [3.05, 3.63) is 40.1 Å². The molecule has 0 unspecified atom stereocenters. The maximum Gasteiger partial charge on any atom is 0.255 e. The summed E-state index contributed by atoms with van der Waals surface area (Å²) in [6.45, 7) is 9.09. The van der Waals surface area contributed by atoms with Crippen LogP contribution < -0.4 is 16.2 Å². The normalized spacial score (nSPS) is 11.3. The van der Waals surface area contributed by atoms with E-state index in [-0.39, 0.29) is 11.6 Å². The first kappa shape index (κ1) is 17.9. The van der Waals surface area contributed by atoms with E-state index in [0.717, 1.165) is 11.3 Å². The van der Waals surface area contributed by atoms with Crippen molar-refractivity contribution in [2.24, 2.45) is 0 Å². The summed E-state index contributed by atoms with van der Waals surface area (Å²) in [5.41, 5.74) is 3.13. The Morgan fingerprint density at radius 2 is 2.00 bits per heavy atom. The monoisotopic (exact) mass is 355 g/mol. The molecule has 8 nitrogen and oxygen atoms in total. The third kappa shape index (κ3) is 3.14. The lowest BCUT2D eigenvalue weighted by atomic mass is 10.2. The fourth-order valence-electron chi connectivity index (χ4n) is 2.95. The van der Waals surface area contributed by atoms with Gasteiger partial charge in [-0.15, -0.1) is 0 Å². The zero-order valence-electron chi connectivity index (χ0n) is 15.9. The number of anilines is 2. The number of fused-ring (bicyclic) bond motifs is 1. The van der Waals surface area contributed by atoms with Crippen LogP contribution in [0.2, 0.25) is 0 Å². The number of imidazole rings is 1. The number of hydrogen-bond acceptors (Lipinski definition) is 6. The zero-order chi connectivity index (χ0) is 18.8. The summed E-state index contributed by atoms with van der Waals surface area (Å²) in [4.78, 5) is 26.0. The summed E-state index contributed by atoms with van der Waals surface area (Å²) in [5, 5.41) is 6.24. The summed E-state index contributed by atoms with van der Waals surface area (Å²) < 4.78 is 3.76. The second-order valence-electron chi connectivity index (χ2n) is 6.47. The van der Waals surface area contributed by atoms with Crippen LogP contribution in [0.1, 0.15) is 38.1 Å². The molecule has 0 amide bonds. The van der Waals surface area contributed by atoms with Crippen molar-refractivity contribution < 1.29 is 0 Å². The lowest BCUT2D eigenvalue weighted by molar-refractivity contribution is 0.613. The van der Waals surface area contributed by atoms with Gasteiger partial charge in [0.1, 0.15) is 0 Å². The van der Waals surface area contributed by atoms with Crippen molar-refractivity contribution in [3.8, 4) is 0 Å². The first-order valence-electron chi connectivity index (χ1n) is 8.81. The Labute approximate surface area is 152 Å². The van der Waals surface area contributed by atoms with E-state index in [4.69, 9.17) is 0 Å². The highest BCUT2D eigenvalue weighted by molar-refractivity contribution is 5.84. The van der Waals surface area contributed by atoms with E-state index in [1.165, 1.54) is 0 Å². The Bertz CT molecular complexity index is 987. The van der Waals surface area contributed by atoms with E-state index in [2.05, 4.69) is 39.4 Å². The van der Waals surface area contributed by atoms with Crippen LogP contribution in [0.4, 0.5) is 11.8 Å². The molecule has 0 aromatic carbocycles. The maximum absolute atomic E-state index is 12.6. The molecule has 0 saturated heterocycles. The molecule has 0 atom stereocenters. The molecule has 3 heterocycles. The molecular weight excluding hydrogens is 330 g/mol. The Morgan fingerprint density at radius 1 is 1.23 bits per heavy atom. The van der Waals surface area contributed by atoms with E-state index in [9.17, 15) is 4.79 Å². The number of hydrogen-bond donors (Lipinski definition) is 2. The summed E-state index contributed by atoms with van der Waals surface area (Å²) in [6.07, 6.45) is 1.77. The molecule has 0 fully saturated rings. The van der Waals surface area contributed by atoms with Crippen molar-refractivity contribution in [2.45, 2.75) is 46.8 Å². The van der Waals surface area contributed by atoms with Crippen LogP contribution in [0, 0.1) is 6.92 Å². The minimum absolute atomic E-state index is 0.0202. The molecule has 3 aromatic rings. The third-order valence-electron chi connectivity index (χ3n) is 4.44. The highest BCUT2D eigenvalue weighted by atomic mass is 16.1. The number of nitrogens with zero attached hydrogens (tertiary/aromatic N) is 5. The van der Waals surface area contributed by atoms with E-state index >= 15 is 0 Å². The predicted octanol–water partition coefficient (Wildman–Crippen LogP) is 2.55. The summed E-state index contributed by atoms with van der Waals surface area (Å²) in [6, 6.07) is 4.06. The van der Waals surface area contributed by atoms with Crippen LogP contribution in [0.25, 0.3) is 11.2 Å². The largest absolute Gasteiger partial charge is 0.364 e. The van der Waals surface area contributed by atoms with Crippen LogP contribution in [-0.4, -0.2) is 31.1 Å². The van der Waals surface area contributed by atoms with Gasteiger partial charge in [0.05, 0.1) is 6.33 Å². The average molecular weight is 355 g/mol. The van der Waals surface area contributed by atoms with Gasteiger partial charge in [0, 0.05) is 37.4 Å². The minimum Gasteiger partial charge on any atom is -0.364 e. The lowest BCUT2D eigenvalue weighted by Gasteiger charge is -2.12. The van der Waals surface area contributed by atoms with Gasteiger partial charge in [-0.25, -0.2) is 4.98 Å². The fourth-order valence-corrected chi connectivity index (χ4v) is 2.95. The molecular formula is C18H25N7O. The number of rotatable bonds is 6. The van der Waals surface area contributed by atoms with Crippen molar-refractivity contribution in [2.75, 3.05) is 17.7 Å². The van der Waals surface area contributed by atoms with Gasteiger partial charge in [-0.1, -0.05) is 6.07 Å². The molecule has 0 aliphatic carbocycles. The van der Waals surface area contributed by atoms with E-state index in [0.29, 0.717) is 35.9 Å². The predicted molar refractivity (Wildman–Crippen MR) is 104 cm³/mol. The van der Waals surface area contributed by atoms with Crippen molar-refractivity contribution >= 4 is 22.9 Å². The van der Waals surface area contributed by atoms with Gasteiger partial charge in [-0.3, -0.25) is 4.79 Å². The van der Waals surface area contributed by atoms with Crippen LogP contribution in [0.3, 0.4) is 0 Å². The lowest BCUT2D eigenvalue weighted by Crippen LogP contribution is -2.26. The molecule has 2 N–H and O–H groups in total. The summed E-state index contributed by atoms with van der Waals surface area (Å²) in [7, 11) is 1.78. The highest BCUT2D eigenvalue weighted by Gasteiger charge is 2.15. The standard InChI is InChI=1S/C18H25N7O/c1-6-24-12(4)7-8-13(17(24)26)9-20-15-14-16(23-18(19-5)22-15)25(10-21-14)11(2)3/h7-8,10-11H,6,9H2,1-5H3,(H2,19,20,22,23). The van der Waals surface area contributed by atoms with Gasteiger partial charge in [-0.05, 0) is 33.8 Å². The maximum atomic E-state index is 12.6. The van der Waals surface area contributed by atoms with Gasteiger partial charge in [-0.2, -0.15) is 9.97 Å². The number of pyridine rings is 1. The topological polar surface area (TPSA) is 89.7 Å². The zero-order valence-corrected chi connectivity index (χ0v) is 15.9. The van der Waals surface area contributed by atoms with Crippen molar-refractivity contribution in [3.63, 3.8) is 0 Å². The molecule has 3 rings (SSSR count). The number of aromatic nitrogens is 5. The molecule has 8 heteroatoms.